The van der Waals surface area contributed by atoms with Crippen molar-refractivity contribution >= 4 is 45.7 Å². The zero-order chi connectivity index (χ0) is 22.1. The highest BCUT2D eigenvalue weighted by atomic mass is 35.5. The van der Waals surface area contributed by atoms with Gasteiger partial charge in [0, 0.05) is 16.0 Å². The van der Waals surface area contributed by atoms with Gasteiger partial charge in [0.05, 0.1) is 18.5 Å². The fourth-order valence-electron chi connectivity index (χ4n) is 3.97. The van der Waals surface area contributed by atoms with Crippen molar-refractivity contribution in [1.82, 2.24) is 0 Å². The van der Waals surface area contributed by atoms with E-state index in [2.05, 4.69) is 12.1 Å². The van der Waals surface area contributed by atoms with Crippen LogP contribution in [0, 0.1) is 0 Å². The Hall–Kier alpha value is -3.82. The van der Waals surface area contributed by atoms with E-state index in [1.165, 1.54) is 0 Å². The van der Waals surface area contributed by atoms with Gasteiger partial charge in [0.25, 0.3) is 5.91 Å². The molecule has 0 aliphatic carbocycles. The smallest absolute Gasteiger partial charge is 0.262 e. The van der Waals surface area contributed by atoms with Crippen LogP contribution >= 0.6 is 11.6 Å². The highest BCUT2D eigenvalue weighted by Gasteiger charge is 2.31. The maximum absolute atomic E-state index is 13.7. The molecule has 0 radical (unpaired) electrons. The third kappa shape index (κ3) is 3.68. The van der Waals surface area contributed by atoms with E-state index >= 15 is 0 Å². The predicted octanol–water partition coefficient (Wildman–Crippen LogP) is 6.97. The van der Waals surface area contributed by atoms with E-state index in [1.807, 2.05) is 91.0 Å². The number of ether oxygens (including phenoxy) is 1. The number of hydrogen-bond donors (Lipinski definition) is 0. The molecule has 0 unspecified atom stereocenters. The molecule has 5 rings (SSSR count). The van der Waals surface area contributed by atoms with Crippen LogP contribution < -0.4 is 9.64 Å². The Morgan fingerprint density at radius 1 is 0.844 bits per heavy atom. The second kappa shape index (κ2) is 8.37. The summed E-state index contributed by atoms with van der Waals surface area (Å²) in [5.74, 6) is 0.710. The van der Waals surface area contributed by atoms with E-state index in [4.69, 9.17) is 16.3 Å². The van der Waals surface area contributed by atoms with Crippen molar-refractivity contribution in [2.45, 2.75) is 0 Å². The topological polar surface area (TPSA) is 29.5 Å². The summed E-state index contributed by atoms with van der Waals surface area (Å²) < 4.78 is 5.24. The number of amides is 1. The van der Waals surface area contributed by atoms with Crippen molar-refractivity contribution in [1.29, 1.82) is 0 Å². The average Bonchev–Trinajstić information content (AvgIpc) is 3.15. The number of hydrogen-bond acceptors (Lipinski definition) is 2. The summed E-state index contributed by atoms with van der Waals surface area (Å²) in [5.41, 5.74) is 4.15. The van der Waals surface area contributed by atoms with E-state index in [9.17, 15) is 4.79 Å². The molecule has 1 heterocycles. The third-order valence-corrected chi connectivity index (χ3v) is 5.82. The number of carbonyl (C=O) groups excluding carboxylic acids is 1. The van der Waals surface area contributed by atoms with Crippen molar-refractivity contribution in [3.05, 3.63) is 119 Å². The number of fused-ring (bicyclic) bond motifs is 1. The number of methoxy groups -OCH3 is 1. The Balaban J connectivity index is 1.66. The van der Waals surface area contributed by atoms with Gasteiger partial charge in [0.1, 0.15) is 5.75 Å². The molecule has 1 amide bonds. The molecule has 0 N–H and O–H groups in total. The van der Waals surface area contributed by atoms with E-state index in [0.717, 1.165) is 39.0 Å². The average molecular weight is 438 g/mol. The minimum absolute atomic E-state index is 0.0675. The Morgan fingerprint density at radius 2 is 1.56 bits per heavy atom. The van der Waals surface area contributed by atoms with Crippen molar-refractivity contribution in [2.24, 2.45) is 0 Å². The molecule has 0 spiro atoms. The highest BCUT2D eigenvalue weighted by molar-refractivity contribution is 6.30. The number of nitrogens with zero attached hydrogens (tertiary/aromatic N) is 1. The van der Waals surface area contributed by atoms with Crippen LogP contribution in [0.25, 0.3) is 22.5 Å². The standard InChI is InChI=1S/C28H20ClNO2/c1-32-24-15-9-19(10-16-24)17-22-18-27(21-11-13-23(29)14-12-21)30(28(22)31)26-8-4-6-20-5-2-3-7-25(20)26/h2-18H,1H3/b22-17-. The van der Waals surface area contributed by atoms with Gasteiger partial charge in [-0.1, -0.05) is 72.3 Å². The fourth-order valence-corrected chi connectivity index (χ4v) is 4.10. The molecular weight excluding hydrogens is 418 g/mol. The number of benzene rings is 4. The minimum atomic E-state index is -0.0675. The summed E-state index contributed by atoms with van der Waals surface area (Å²) in [7, 11) is 1.64. The molecule has 1 aliphatic rings. The molecule has 0 aromatic heterocycles. The van der Waals surface area contributed by atoms with Gasteiger partial charge < -0.3 is 4.74 Å². The van der Waals surface area contributed by atoms with Crippen molar-refractivity contribution in [3.8, 4) is 5.75 Å². The van der Waals surface area contributed by atoms with Crippen LogP contribution in [0.5, 0.6) is 5.75 Å². The van der Waals surface area contributed by atoms with Crippen molar-refractivity contribution < 1.29 is 9.53 Å². The van der Waals surface area contributed by atoms with Gasteiger partial charge in [-0.05, 0) is 59.0 Å². The van der Waals surface area contributed by atoms with Crippen LogP contribution in [-0.4, -0.2) is 13.0 Å². The second-order valence-corrected chi connectivity index (χ2v) is 7.98. The molecule has 32 heavy (non-hydrogen) atoms. The predicted molar refractivity (Wildman–Crippen MR) is 132 cm³/mol. The third-order valence-electron chi connectivity index (χ3n) is 5.57. The lowest BCUT2D eigenvalue weighted by Gasteiger charge is -2.22. The van der Waals surface area contributed by atoms with Crippen LogP contribution in [0.1, 0.15) is 11.1 Å². The van der Waals surface area contributed by atoms with Crippen LogP contribution in [0.15, 0.2) is 103 Å². The van der Waals surface area contributed by atoms with Gasteiger partial charge in [-0.15, -0.1) is 0 Å². The monoisotopic (exact) mass is 437 g/mol. The lowest BCUT2D eigenvalue weighted by Crippen LogP contribution is -2.25. The normalized spacial score (nSPS) is 14.8. The molecule has 4 heteroatoms. The molecule has 0 saturated carbocycles. The lowest BCUT2D eigenvalue weighted by molar-refractivity contribution is -0.113. The first-order chi connectivity index (χ1) is 15.6. The highest BCUT2D eigenvalue weighted by Crippen LogP contribution is 2.39. The quantitative estimate of drug-likeness (QED) is 0.322. The van der Waals surface area contributed by atoms with Gasteiger partial charge in [-0.2, -0.15) is 0 Å². The van der Waals surface area contributed by atoms with Crippen LogP contribution in [-0.2, 0) is 4.79 Å². The zero-order valence-electron chi connectivity index (χ0n) is 17.5. The first-order valence-corrected chi connectivity index (χ1v) is 10.7. The lowest BCUT2D eigenvalue weighted by atomic mass is 10.1. The second-order valence-electron chi connectivity index (χ2n) is 7.55. The van der Waals surface area contributed by atoms with Gasteiger partial charge >= 0.3 is 0 Å². The molecule has 0 bridgehead atoms. The Kier molecular flexibility index (Phi) is 5.26. The summed E-state index contributed by atoms with van der Waals surface area (Å²) in [4.78, 5) is 15.5. The SMILES string of the molecule is COc1ccc(/C=C2/C=C(c3ccc(Cl)cc3)N(c3cccc4ccccc34)C2=O)cc1. The van der Waals surface area contributed by atoms with E-state index in [-0.39, 0.29) is 5.91 Å². The summed E-state index contributed by atoms with van der Waals surface area (Å²) in [6.45, 7) is 0. The Labute approximate surface area is 191 Å². The van der Waals surface area contributed by atoms with Crippen molar-refractivity contribution in [3.63, 3.8) is 0 Å². The molecule has 3 nitrogen and oxygen atoms in total. The van der Waals surface area contributed by atoms with Gasteiger partial charge in [0.2, 0.25) is 0 Å². The number of rotatable bonds is 4. The van der Waals surface area contributed by atoms with Gasteiger partial charge in [-0.3, -0.25) is 9.69 Å². The molecule has 0 fully saturated rings. The fraction of sp³-hybridized carbons (Fsp3) is 0.0357. The number of carbonyl (C=O) groups is 1. The molecule has 0 saturated heterocycles. The van der Waals surface area contributed by atoms with E-state index < -0.39 is 0 Å². The Morgan fingerprint density at radius 3 is 2.31 bits per heavy atom. The van der Waals surface area contributed by atoms with Crippen LogP contribution in [0.4, 0.5) is 5.69 Å². The minimum Gasteiger partial charge on any atom is -0.497 e. The molecule has 156 valence electrons. The first-order valence-electron chi connectivity index (χ1n) is 10.3. The van der Waals surface area contributed by atoms with Gasteiger partial charge in [0.15, 0.2) is 0 Å². The van der Waals surface area contributed by atoms with E-state index in [1.54, 1.807) is 12.0 Å². The molecule has 1 aliphatic heterocycles. The number of anilines is 1. The summed E-state index contributed by atoms with van der Waals surface area (Å²) in [5, 5.41) is 2.76. The maximum atomic E-state index is 13.7. The van der Waals surface area contributed by atoms with Crippen LogP contribution in [0.3, 0.4) is 0 Å². The summed E-state index contributed by atoms with van der Waals surface area (Å²) >= 11 is 6.12. The Bertz CT molecular complexity index is 1360. The van der Waals surface area contributed by atoms with Crippen molar-refractivity contribution in [2.75, 3.05) is 12.0 Å². The molecule has 0 atom stereocenters. The molecule has 4 aromatic carbocycles. The van der Waals surface area contributed by atoms with Crippen LogP contribution in [0.2, 0.25) is 5.02 Å². The van der Waals surface area contributed by atoms with Gasteiger partial charge in [-0.25, -0.2) is 0 Å². The first kappa shape index (κ1) is 20.1. The number of halogens is 1. The zero-order valence-corrected chi connectivity index (χ0v) is 18.2. The molecular formula is C28H20ClNO2. The van der Waals surface area contributed by atoms with E-state index in [0.29, 0.717) is 10.6 Å². The maximum Gasteiger partial charge on any atom is 0.262 e. The largest absolute Gasteiger partial charge is 0.497 e. The molecule has 4 aromatic rings. The summed E-state index contributed by atoms with van der Waals surface area (Å²) in [6, 6.07) is 29.3. The summed E-state index contributed by atoms with van der Waals surface area (Å²) in [6.07, 6.45) is 3.85.